The van der Waals surface area contributed by atoms with Gasteiger partial charge in [-0.1, -0.05) is 6.58 Å². The van der Waals surface area contributed by atoms with Crippen molar-refractivity contribution in [2.24, 2.45) is 0 Å². The molecule has 0 saturated heterocycles. The highest BCUT2D eigenvalue weighted by Gasteiger charge is 1.98. The zero-order valence-corrected chi connectivity index (χ0v) is 6.63. The Bertz CT molecular complexity index is 157. The quantitative estimate of drug-likeness (QED) is 0.354. The second-order valence-corrected chi connectivity index (χ2v) is 1.73. The summed E-state index contributed by atoms with van der Waals surface area (Å²) in [7, 11) is 0. The van der Waals surface area contributed by atoms with Crippen molar-refractivity contribution < 1.29 is 14.3 Å². The second kappa shape index (κ2) is 6.90. The third kappa shape index (κ3) is 6.68. The summed E-state index contributed by atoms with van der Waals surface area (Å²) in [4.78, 5) is 10.5. The van der Waals surface area contributed by atoms with Crippen LogP contribution >= 0.6 is 0 Å². The molecule has 0 aliphatic heterocycles. The summed E-state index contributed by atoms with van der Waals surface area (Å²) >= 11 is 0. The van der Waals surface area contributed by atoms with Crippen LogP contribution in [0.3, 0.4) is 0 Å². The summed E-state index contributed by atoms with van der Waals surface area (Å²) in [6, 6.07) is 0. The first-order chi connectivity index (χ1) is 5.31. The topological polar surface area (TPSA) is 35.5 Å². The van der Waals surface area contributed by atoms with Gasteiger partial charge in [0.2, 0.25) is 0 Å². The van der Waals surface area contributed by atoms with Crippen LogP contribution in [0.4, 0.5) is 4.79 Å². The predicted molar refractivity (Wildman–Crippen MR) is 41.3 cm³/mol. The highest BCUT2D eigenvalue weighted by molar-refractivity contribution is 5.59. The average Bonchev–Trinajstić information content (AvgIpc) is 1.99. The number of carbonyl (C=O) groups is 1. The molecule has 3 heteroatoms. The highest BCUT2D eigenvalue weighted by Crippen LogP contribution is 1.88. The standard InChI is InChI=1S/C8H12O3/c1-3-5-6-7-11-8(9)10-4-2/h5H,1,4,6-7H2,2H3. The Labute approximate surface area is 66.3 Å². The summed E-state index contributed by atoms with van der Waals surface area (Å²) in [5.41, 5.74) is 2.57. The third-order valence-electron chi connectivity index (χ3n) is 0.889. The van der Waals surface area contributed by atoms with Crippen molar-refractivity contribution in [3.63, 3.8) is 0 Å². The van der Waals surface area contributed by atoms with Crippen LogP contribution in [0.1, 0.15) is 13.3 Å². The van der Waals surface area contributed by atoms with Gasteiger partial charge >= 0.3 is 6.16 Å². The lowest BCUT2D eigenvalue weighted by atomic mass is 10.4. The van der Waals surface area contributed by atoms with E-state index in [1.807, 2.05) is 0 Å². The fraction of sp³-hybridized carbons (Fsp3) is 0.500. The summed E-state index contributed by atoms with van der Waals surface area (Å²) in [5.74, 6) is 0. The second-order valence-electron chi connectivity index (χ2n) is 1.73. The van der Waals surface area contributed by atoms with Crippen LogP contribution in [-0.2, 0) is 9.47 Å². The SMILES string of the molecule is C=C=CCCOC(=O)OCC. The van der Waals surface area contributed by atoms with Gasteiger partial charge in [0.1, 0.15) is 0 Å². The molecule has 0 rings (SSSR count). The van der Waals surface area contributed by atoms with Crippen LogP contribution in [0.2, 0.25) is 0 Å². The van der Waals surface area contributed by atoms with Crippen molar-refractivity contribution in [3.05, 3.63) is 18.4 Å². The van der Waals surface area contributed by atoms with E-state index in [-0.39, 0.29) is 0 Å². The van der Waals surface area contributed by atoms with Gasteiger partial charge in [0.05, 0.1) is 13.2 Å². The number of hydrogen-bond donors (Lipinski definition) is 0. The van der Waals surface area contributed by atoms with Gasteiger partial charge in [-0.25, -0.2) is 4.79 Å². The van der Waals surface area contributed by atoms with E-state index in [2.05, 4.69) is 21.8 Å². The Hall–Kier alpha value is -1.21. The van der Waals surface area contributed by atoms with E-state index in [9.17, 15) is 4.79 Å². The average molecular weight is 156 g/mol. The lowest BCUT2D eigenvalue weighted by Crippen LogP contribution is -2.07. The molecule has 11 heavy (non-hydrogen) atoms. The van der Waals surface area contributed by atoms with E-state index < -0.39 is 6.16 Å². The van der Waals surface area contributed by atoms with Crippen LogP contribution in [0.5, 0.6) is 0 Å². The predicted octanol–water partition coefficient (Wildman–Crippen LogP) is 1.89. The van der Waals surface area contributed by atoms with Crippen LogP contribution in [-0.4, -0.2) is 19.4 Å². The minimum absolute atomic E-state index is 0.321. The first kappa shape index (κ1) is 9.79. The molecule has 0 amide bonds. The molecule has 0 bridgehead atoms. The summed E-state index contributed by atoms with van der Waals surface area (Å²) in [6.07, 6.45) is 1.70. The molecule has 0 radical (unpaired) electrons. The van der Waals surface area contributed by atoms with Crippen LogP contribution in [0.15, 0.2) is 18.4 Å². The first-order valence-electron chi connectivity index (χ1n) is 3.45. The van der Waals surface area contributed by atoms with Gasteiger partial charge < -0.3 is 9.47 Å². The zero-order chi connectivity index (χ0) is 8.53. The fourth-order valence-electron chi connectivity index (χ4n) is 0.463. The number of rotatable bonds is 4. The van der Waals surface area contributed by atoms with Gasteiger partial charge in [-0.2, -0.15) is 0 Å². The molecular formula is C8H12O3. The lowest BCUT2D eigenvalue weighted by molar-refractivity contribution is 0.0604. The van der Waals surface area contributed by atoms with Crippen molar-refractivity contribution >= 4 is 6.16 Å². The molecule has 62 valence electrons. The van der Waals surface area contributed by atoms with Crippen LogP contribution in [0.25, 0.3) is 0 Å². The third-order valence-corrected chi connectivity index (χ3v) is 0.889. The van der Waals surface area contributed by atoms with Crippen molar-refractivity contribution in [3.8, 4) is 0 Å². The van der Waals surface area contributed by atoms with E-state index in [4.69, 9.17) is 0 Å². The lowest BCUT2D eigenvalue weighted by Gasteiger charge is -2.00. The maximum absolute atomic E-state index is 10.5. The van der Waals surface area contributed by atoms with E-state index in [1.165, 1.54) is 0 Å². The Morgan fingerprint density at radius 1 is 1.64 bits per heavy atom. The summed E-state index contributed by atoms with van der Waals surface area (Å²) in [6.45, 7) is 5.75. The number of ether oxygens (including phenoxy) is 2. The van der Waals surface area contributed by atoms with Crippen molar-refractivity contribution in [2.75, 3.05) is 13.2 Å². The van der Waals surface area contributed by atoms with E-state index in [0.29, 0.717) is 19.6 Å². The highest BCUT2D eigenvalue weighted by atomic mass is 16.7. The summed E-state index contributed by atoms with van der Waals surface area (Å²) < 4.78 is 9.14. The minimum atomic E-state index is -0.620. The van der Waals surface area contributed by atoms with Crippen molar-refractivity contribution in [1.82, 2.24) is 0 Å². The molecule has 0 heterocycles. The fourth-order valence-corrected chi connectivity index (χ4v) is 0.463. The molecule has 0 aliphatic carbocycles. The molecule has 0 aromatic rings. The Morgan fingerprint density at radius 3 is 2.91 bits per heavy atom. The van der Waals surface area contributed by atoms with Gasteiger partial charge in [-0.05, 0) is 13.0 Å². The van der Waals surface area contributed by atoms with E-state index in [0.717, 1.165) is 0 Å². The molecule has 0 saturated carbocycles. The molecule has 0 aromatic heterocycles. The van der Waals surface area contributed by atoms with Gasteiger partial charge in [0, 0.05) is 6.42 Å². The smallest absolute Gasteiger partial charge is 0.435 e. The number of carbonyl (C=O) groups excluding carboxylic acids is 1. The van der Waals surface area contributed by atoms with E-state index >= 15 is 0 Å². The Morgan fingerprint density at radius 2 is 2.36 bits per heavy atom. The van der Waals surface area contributed by atoms with E-state index in [1.54, 1.807) is 13.0 Å². The largest absolute Gasteiger partial charge is 0.508 e. The van der Waals surface area contributed by atoms with Gasteiger partial charge in [0.25, 0.3) is 0 Å². The van der Waals surface area contributed by atoms with Gasteiger partial charge in [-0.15, -0.1) is 5.73 Å². The monoisotopic (exact) mass is 156 g/mol. The Balaban J connectivity index is 3.23. The number of hydrogen-bond acceptors (Lipinski definition) is 3. The molecular weight excluding hydrogens is 144 g/mol. The van der Waals surface area contributed by atoms with Gasteiger partial charge in [-0.3, -0.25) is 0 Å². The molecule has 0 unspecified atom stereocenters. The first-order valence-corrected chi connectivity index (χ1v) is 3.45. The molecule has 0 aliphatic rings. The van der Waals surface area contributed by atoms with Crippen molar-refractivity contribution in [2.45, 2.75) is 13.3 Å². The normalized spacial score (nSPS) is 8.09. The van der Waals surface area contributed by atoms with Crippen LogP contribution < -0.4 is 0 Å². The minimum Gasteiger partial charge on any atom is -0.435 e. The van der Waals surface area contributed by atoms with Crippen molar-refractivity contribution in [1.29, 1.82) is 0 Å². The molecule has 0 atom stereocenters. The van der Waals surface area contributed by atoms with Crippen LogP contribution in [0, 0.1) is 0 Å². The maximum Gasteiger partial charge on any atom is 0.508 e. The summed E-state index contributed by atoms with van der Waals surface area (Å²) in [5, 5.41) is 0. The molecule has 0 aromatic carbocycles. The molecule has 0 spiro atoms. The molecule has 3 nitrogen and oxygen atoms in total. The molecule has 0 N–H and O–H groups in total. The zero-order valence-electron chi connectivity index (χ0n) is 6.63. The van der Waals surface area contributed by atoms with Gasteiger partial charge in [0.15, 0.2) is 0 Å². The maximum atomic E-state index is 10.5. The molecule has 0 fully saturated rings. The Kier molecular flexibility index (Phi) is 6.14.